The molecule has 0 saturated heterocycles. The molecule has 1 aliphatic rings. The molecule has 1 amide bonds. The monoisotopic (exact) mass is 318 g/mol. The number of benzene rings is 1. The highest BCUT2D eigenvalue weighted by atomic mass is 16.6. The van der Waals surface area contributed by atoms with Crippen molar-refractivity contribution >= 4 is 28.5 Å². The maximum atomic E-state index is 12.4. The largest absolute Gasteiger partial charge is 0.481 e. The number of carbonyl (C=O) groups is 2. The van der Waals surface area contributed by atoms with Crippen molar-refractivity contribution < 1.29 is 19.6 Å². The summed E-state index contributed by atoms with van der Waals surface area (Å²) in [5.74, 6) is -2.08. The molecular weight excluding hydrogens is 304 g/mol. The molecule has 1 aromatic heterocycles. The molecule has 9 heteroatoms. The molecule has 2 atom stereocenters. The maximum Gasteiger partial charge on any atom is 0.308 e. The van der Waals surface area contributed by atoms with Gasteiger partial charge in [-0.2, -0.15) is 5.10 Å². The molecule has 1 aromatic carbocycles. The van der Waals surface area contributed by atoms with Crippen LogP contribution in [0.5, 0.6) is 0 Å². The minimum Gasteiger partial charge on any atom is -0.481 e. The lowest BCUT2D eigenvalue weighted by atomic mass is 10.0. The van der Waals surface area contributed by atoms with Crippen molar-refractivity contribution in [3.63, 3.8) is 0 Å². The quantitative estimate of drug-likeness (QED) is 0.576. The molecule has 1 saturated carbocycles. The summed E-state index contributed by atoms with van der Waals surface area (Å²) in [4.78, 5) is 33.8. The van der Waals surface area contributed by atoms with Gasteiger partial charge in [0.15, 0.2) is 5.69 Å². The van der Waals surface area contributed by atoms with E-state index < -0.39 is 28.8 Å². The number of fused-ring (bicyclic) bond motifs is 1. The molecule has 0 radical (unpaired) electrons. The van der Waals surface area contributed by atoms with E-state index in [1.54, 1.807) is 0 Å². The Bertz CT molecular complexity index is 800. The Balaban J connectivity index is 1.87. The lowest BCUT2D eigenvalue weighted by Crippen LogP contribution is -2.40. The zero-order chi connectivity index (χ0) is 16.6. The van der Waals surface area contributed by atoms with Gasteiger partial charge in [0, 0.05) is 23.6 Å². The van der Waals surface area contributed by atoms with E-state index in [0.717, 1.165) is 6.42 Å². The SMILES string of the molecule is O=C(N[C@H]1CCC[C@H]1C(=O)O)c1n[nH]c2ccc([N+](=O)[O-])cc12. The van der Waals surface area contributed by atoms with Gasteiger partial charge in [-0.25, -0.2) is 0 Å². The number of carboxylic acids is 1. The zero-order valence-electron chi connectivity index (χ0n) is 12.0. The third-order valence-corrected chi connectivity index (χ3v) is 4.12. The van der Waals surface area contributed by atoms with E-state index in [1.807, 2.05) is 0 Å². The molecule has 1 fully saturated rings. The van der Waals surface area contributed by atoms with Crippen LogP contribution in [0, 0.1) is 16.0 Å². The van der Waals surface area contributed by atoms with Crippen molar-refractivity contribution in [3.8, 4) is 0 Å². The van der Waals surface area contributed by atoms with Gasteiger partial charge < -0.3 is 10.4 Å². The smallest absolute Gasteiger partial charge is 0.308 e. The second-order valence-electron chi connectivity index (χ2n) is 5.51. The van der Waals surface area contributed by atoms with E-state index in [0.29, 0.717) is 23.7 Å². The second-order valence-corrected chi connectivity index (χ2v) is 5.51. The van der Waals surface area contributed by atoms with Gasteiger partial charge in [-0.15, -0.1) is 0 Å². The Morgan fingerprint density at radius 1 is 1.39 bits per heavy atom. The molecule has 3 rings (SSSR count). The summed E-state index contributed by atoms with van der Waals surface area (Å²) < 4.78 is 0. The summed E-state index contributed by atoms with van der Waals surface area (Å²) in [7, 11) is 0. The van der Waals surface area contributed by atoms with Crippen LogP contribution in [0.25, 0.3) is 10.9 Å². The summed E-state index contributed by atoms with van der Waals surface area (Å²) in [5, 5.41) is 29.6. The Hall–Kier alpha value is -2.97. The first-order chi connectivity index (χ1) is 11.0. The van der Waals surface area contributed by atoms with Crippen LogP contribution >= 0.6 is 0 Å². The number of nitrogens with one attached hydrogen (secondary N) is 2. The molecule has 120 valence electrons. The molecule has 23 heavy (non-hydrogen) atoms. The average Bonchev–Trinajstić information content (AvgIpc) is 3.12. The van der Waals surface area contributed by atoms with Crippen LogP contribution in [0.4, 0.5) is 5.69 Å². The minimum absolute atomic E-state index is 0.0275. The number of hydrogen-bond acceptors (Lipinski definition) is 5. The normalized spacial score (nSPS) is 20.5. The van der Waals surface area contributed by atoms with Crippen LogP contribution in [0.2, 0.25) is 0 Å². The van der Waals surface area contributed by atoms with Crippen molar-refractivity contribution in [2.24, 2.45) is 5.92 Å². The van der Waals surface area contributed by atoms with Gasteiger partial charge in [-0.3, -0.25) is 24.8 Å². The Kier molecular flexibility index (Phi) is 3.68. The average molecular weight is 318 g/mol. The lowest BCUT2D eigenvalue weighted by Gasteiger charge is -2.16. The highest BCUT2D eigenvalue weighted by Gasteiger charge is 2.34. The predicted octanol–water partition coefficient (Wildman–Crippen LogP) is 1.45. The van der Waals surface area contributed by atoms with Gasteiger partial charge in [0.2, 0.25) is 0 Å². The standard InChI is InChI=1S/C14H14N4O5/c19-13(15-10-3-1-2-8(10)14(20)21)12-9-6-7(18(22)23)4-5-11(9)16-17-12/h4-6,8,10H,1-3H2,(H,15,19)(H,16,17)(H,20,21)/t8-,10+/m1/s1. The van der Waals surface area contributed by atoms with Crippen LogP contribution in [-0.2, 0) is 4.79 Å². The highest BCUT2D eigenvalue weighted by Crippen LogP contribution is 2.27. The predicted molar refractivity (Wildman–Crippen MR) is 79.0 cm³/mol. The van der Waals surface area contributed by atoms with Crippen molar-refractivity contribution in [3.05, 3.63) is 34.0 Å². The van der Waals surface area contributed by atoms with Gasteiger partial charge >= 0.3 is 5.97 Å². The summed E-state index contributed by atoms with van der Waals surface area (Å²) in [6, 6.07) is 3.62. The van der Waals surface area contributed by atoms with Gasteiger partial charge in [-0.05, 0) is 18.9 Å². The number of hydrogen-bond donors (Lipinski definition) is 3. The third kappa shape index (κ3) is 2.72. The van der Waals surface area contributed by atoms with Crippen molar-refractivity contribution in [2.75, 3.05) is 0 Å². The van der Waals surface area contributed by atoms with Crippen molar-refractivity contribution in [1.82, 2.24) is 15.5 Å². The van der Waals surface area contributed by atoms with Crippen LogP contribution < -0.4 is 5.32 Å². The van der Waals surface area contributed by atoms with Crippen molar-refractivity contribution in [2.45, 2.75) is 25.3 Å². The summed E-state index contributed by atoms with van der Waals surface area (Å²) in [6.45, 7) is 0. The van der Waals surface area contributed by atoms with Crippen molar-refractivity contribution in [1.29, 1.82) is 0 Å². The van der Waals surface area contributed by atoms with Gasteiger partial charge in [-0.1, -0.05) is 6.42 Å². The summed E-state index contributed by atoms with van der Waals surface area (Å²) in [6.07, 6.45) is 1.84. The maximum absolute atomic E-state index is 12.4. The first-order valence-corrected chi connectivity index (χ1v) is 7.13. The van der Waals surface area contributed by atoms with Crippen LogP contribution in [0.3, 0.4) is 0 Å². The fourth-order valence-corrected chi connectivity index (χ4v) is 2.95. The molecule has 3 N–H and O–H groups in total. The number of carbonyl (C=O) groups excluding carboxylic acids is 1. The van der Waals surface area contributed by atoms with Crippen LogP contribution in [0.1, 0.15) is 29.8 Å². The fraction of sp³-hybridized carbons (Fsp3) is 0.357. The first-order valence-electron chi connectivity index (χ1n) is 7.13. The highest BCUT2D eigenvalue weighted by molar-refractivity contribution is 6.05. The fourth-order valence-electron chi connectivity index (χ4n) is 2.95. The number of non-ortho nitro benzene ring substituents is 1. The van der Waals surface area contributed by atoms with Gasteiger partial charge in [0.25, 0.3) is 11.6 Å². The molecular formula is C14H14N4O5. The van der Waals surface area contributed by atoms with Crippen LogP contribution in [0.15, 0.2) is 18.2 Å². The molecule has 1 aliphatic carbocycles. The number of nitro groups is 1. The number of aliphatic carboxylic acids is 1. The Morgan fingerprint density at radius 3 is 2.87 bits per heavy atom. The third-order valence-electron chi connectivity index (χ3n) is 4.12. The number of amides is 1. The van der Waals surface area contributed by atoms with E-state index in [-0.39, 0.29) is 11.4 Å². The van der Waals surface area contributed by atoms with E-state index in [4.69, 9.17) is 5.11 Å². The number of nitrogens with zero attached hydrogens (tertiary/aromatic N) is 2. The Labute approximate surface area is 129 Å². The summed E-state index contributed by atoms with van der Waals surface area (Å²) >= 11 is 0. The molecule has 0 aliphatic heterocycles. The van der Waals surface area contributed by atoms with E-state index in [9.17, 15) is 19.7 Å². The Morgan fingerprint density at radius 2 is 2.17 bits per heavy atom. The van der Waals surface area contributed by atoms with Crippen LogP contribution in [-0.4, -0.2) is 38.1 Å². The summed E-state index contributed by atoms with van der Waals surface area (Å²) in [5.41, 5.74) is 0.388. The number of nitro benzene ring substituents is 1. The van der Waals surface area contributed by atoms with Gasteiger partial charge in [0.1, 0.15) is 0 Å². The van der Waals surface area contributed by atoms with Gasteiger partial charge in [0.05, 0.1) is 16.4 Å². The number of rotatable bonds is 4. The first kappa shape index (κ1) is 14.9. The number of aromatic amines is 1. The molecule has 0 spiro atoms. The second kappa shape index (κ2) is 5.67. The number of carboxylic acid groups (broad SMARTS) is 1. The molecule has 0 bridgehead atoms. The van der Waals surface area contributed by atoms with E-state index in [2.05, 4.69) is 15.5 Å². The number of H-pyrrole nitrogens is 1. The molecule has 9 nitrogen and oxygen atoms in total. The number of aromatic nitrogens is 2. The van der Waals surface area contributed by atoms with E-state index >= 15 is 0 Å². The zero-order valence-corrected chi connectivity index (χ0v) is 12.0. The topological polar surface area (TPSA) is 138 Å². The minimum atomic E-state index is -0.935. The lowest BCUT2D eigenvalue weighted by molar-refractivity contribution is -0.384. The molecule has 1 heterocycles. The molecule has 2 aromatic rings. The molecule has 0 unspecified atom stereocenters. The van der Waals surface area contributed by atoms with E-state index in [1.165, 1.54) is 18.2 Å².